The van der Waals surface area contributed by atoms with Gasteiger partial charge in [-0.3, -0.25) is 4.90 Å². The van der Waals surface area contributed by atoms with Gasteiger partial charge in [0.15, 0.2) is 0 Å². The van der Waals surface area contributed by atoms with Crippen molar-refractivity contribution in [2.45, 2.75) is 19.9 Å². The van der Waals surface area contributed by atoms with E-state index in [-0.39, 0.29) is 5.75 Å². The first-order valence-electron chi connectivity index (χ1n) is 6.34. The molecule has 1 saturated heterocycles. The lowest BCUT2D eigenvalue weighted by atomic mass is 10.3. The van der Waals surface area contributed by atoms with Gasteiger partial charge in [0, 0.05) is 31.1 Å². The Labute approximate surface area is 113 Å². The van der Waals surface area contributed by atoms with E-state index in [1.807, 2.05) is 0 Å². The minimum Gasteiger partial charge on any atom is -0.297 e. The van der Waals surface area contributed by atoms with E-state index < -0.39 is 10.0 Å². The molecule has 0 aliphatic carbocycles. The summed E-state index contributed by atoms with van der Waals surface area (Å²) in [7, 11) is -3.02. The molecule has 1 aliphatic heterocycles. The number of nitrogens with zero attached hydrogens (tertiary/aromatic N) is 2. The fourth-order valence-corrected chi connectivity index (χ4v) is 4.07. The molecule has 0 radical (unpaired) electrons. The van der Waals surface area contributed by atoms with Gasteiger partial charge in [0.05, 0.1) is 5.75 Å². The van der Waals surface area contributed by atoms with Crippen molar-refractivity contribution in [3.63, 3.8) is 0 Å². The van der Waals surface area contributed by atoms with E-state index in [4.69, 9.17) is 0 Å². The van der Waals surface area contributed by atoms with Crippen LogP contribution in [-0.2, 0) is 16.6 Å². The zero-order valence-electron chi connectivity index (χ0n) is 10.7. The van der Waals surface area contributed by atoms with Crippen LogP contribution < -0.4 is 0 Å². The van der Waals surface area contributed by atoms with Gasteiger partial charge >= 0.3 is 0 Å². The Morgan fingerprint density at radius 1 is 1.28 bits per heavy atom. The van der Waals surface area contributed by atoms with Crippen molar-refractivity contribution in [2.24, 2.45) is 0 Å². The zero-order chi connectivity index (χ0) is 13.0. The fourth-order valence-electron chi connectivity index (χ4n) is 2.19. The third kappa shape index (κ3) is 3.54. The van der Waals surface area contributed by atoms with Crippen LogP contribution in [0.5, 0.6) is 0 Å². The quantitative estimate of drug-likeness (QED) is 0.845. The largest absolute Gasteiger partial charge is 0.297 e. The summed E-state index contributed by atoms with van der Waals surface area (Å²) >= 11 is 1.76. The molecule has 0 saturated carbocycles. The van der Waals surface area contributed by atoms with Gasteiger partial charge in [-0.15, -0.1) is 11.3 Å². The standard InChI is InChI=1S/C12H20N2O2S2/c1-2-18(15,16)14-7-4-6-13(8-9-14)11-12-5-3-10-17-12/h3,5,10H,2,4,6-9,11H2,1H3. The summed E-state index contributed by atoms with van der Waals surface area (Å²) in [5.41, 5.74) is 0. The van der Waals surface area contributed by atoms with E-state index in [0.717, 1.165) is 26.1 Å². The normalized spacial score (nSPS) is 19.8. The Morgan fingerprint density at radius 3 is 2.78 bits per heavy atom. The minimum absolute atomic E-state index is 0.206. The highest BCUT2D eigenvalue weighted by Gasteiger charge is 2.23. The molecule has 1 aromatic rings. The smallest absolute Gasteiger partial charge is 0.213 e. The van der Waals surface area contributed by atoms with Crippen LogP contribution in [0.25, 0.3) is 0 Å². The van der Waals surface area contributed by atoms with E-state index in [1.54, 1.807) is 22.6 Å². The molecule has 0 amide bonds. The summed E-state index contributed by atoms with van der Waals surface area (Å²) in [5, 5.41) is 2.08. The van der Waals surface area contributed by atoms with E-state index in [0.29, 0.717) is 13.1 Å². The number of rotatable bonds is 4. The molecule has 102 valence electrons. The summed E-state index contributed by atoms with van der Waals surface area (Å²) < 4.78 is 25.3. The van der Waals surface area contributed by atoms with Crippen LogP contribution in [0.4, 0.5) is 0 Å². The minimum atomic E-state index is -3.02. The lowest BCUT2D eigenvalue weighted by molar-refractivity contribution is 0.281. The van der Waals surface area contributed by atoms with Crippen LogP contribution in [0.1, 0.15) is 18.2 Å². The van der Waals surface area contributed by atoms with Gasteiger partial charge in [-0.1, -0.05) is 6.07 Å². The molecule has 1 aliphatic rings. The Hall–Kier alpha value is -0.430. The molecule has 2 rings (SSSR count). The zero-order valence-corrected chi connectivity index (χ0v) is 12.3. The third-order valence-corrected chi connectivity index (χ3v) is 6.01. The Bertz CT molecular complexity index is 456. The number of hydrogen-bond donors (Lipinski definition) is 0. The van der Waals surface area contributed by atoms with E-state index in [1.165, 1.54) is 4.88 Å². The monoisotopic (exact) mass is 288 g/mol. The SMILES string of the molecule is CCS(=O)(=O)N1CCCN(Cc2cccs2)CC1. The van der Waals surface area contributed by atoms with Crippen LogP contribution >= 0.6 is 11.3 Å². The van der Waals surface area contributed by atoms with Crippen molar-refractivity contribution in [1.29, 1.82) is 0 Å². The highest BCUT2D eigenvalue weighted by Crippen LogP contribution is 2.15. The van der Waals surface area contributed by atoms with Crippen LogP contribution in [0.3, 0.4) is 0 Å². The fraction of sp³-hybridized carbons (Fsp3) is 0.667. The molecule has 18 heavy (non-hydrogen) atoms. The first-order valence-corrected chi connectivity index (χ1v) is 8.83. The predicted octanol–water partition coefficient (Wildman–Crippen LogP) is 1.61. The van der Waals surface area contributed by atoms with Gasteiger partial charge < -0.3 is 0 Å². The highest BCUT2D eigenvalue weighted by molar-refractivity contribution is 7.89. The maximum Gasteiger partial charge on any atom is 0.213 e. The molecule has 0 spiro atoms. The summed E-state index contributed by atoms with van der Waals surface area (Å²) in [5.74, 6) is 0.206. The molecule has 2 heterocycles. The van der Waals surface area contributed by atoms with Gasteiger partial charge in [0.25, 0.3) is 0 Å². The van der Waals surface area contributed by atoms with Gasteiger partial charge in [-0.25, -0.2) is 12.7 Å². The lowest BCUT2D eigenvalue weighted by Crippen LogP contribution is -2.35. The van der Waals surface area contributed by atoms with Crippen LogP contribution in [0, 0.1) is 0 Å². The van der Waals surface area contributed by atoms with E-state index in [2.05, 4.69) is 22.4 Å². The molecule has 0 unspecified atom stereocenters. The summed E-state index contributed by atoms with van der Waals surface area (Å²) in [6, 6.07) is 4.20. The molecule has 0 bridgehead atoms. The third-order valence-electron chi connectivity index (χ3n) is 3.27. The van der Waals surface area contributed by atoms with Crippen molar-refractivity contribution < 1.29 is 8.42 Å². The lowest BCUT2D eigenvalue weighted by Gasteiger charge is -2.20. The Morgan fingerprint density at radius 2 is 2.11 bits per heavy atom. The predicted molar refractivity (Wildman–Crippen MR) is 75.2 cm³/mol. The van der Waals surface area contributed by atoms with Gasteiger partial charge in [0.1, 0.15) is 0 Å². The summed E-state index contributed by atoms with van der Waals surface area (Å²) in [6.45, 7) is 5.75. The highest BCUT2D eigenvalue weighted by atomic mass is 32.2. The van der Waals surface area contributed by atoms with Crippen molar-refractivity contribution >= 4 is 21.4 Å². The molecular weight excluding hydrogens is 268 g/mol. The molecule has 4 nitrogen and oxygen atoms in total. The van der Waals surface area contributed by atoms with Crippen LogP contribution in [0.2, 0.25) is 0 Å². The van der Waals surface area contributed by atoms with Gasteiger partial charge in [0.2, 0.25) is 10.0 Å². The average molecular weight is 288 g/mol. The average Bonchev–Trinajstić information content (AvgIpc) is 2.73. The maximum atomic E-state index is 11.8. The first-order chi connectivity index (χ1) is 8.62. The second-order valence-corrected chi connectivity index (χ2v) is 7.80. The van der Waals surface area contributed by atoms with Crippen LogP contribution in [0.15, 0.2) is 17.5 Å². The number of hydrogen-bond acceptors (Lipinski definition) is 4. The summed E-state index contributed by atoms with van der Waals surface area (Å²) in [6.07, 6.45) is 0.921. The molecule has 1 fully saturated rings. The maximum absolute atomic E-state index is 11.8. The van der Waals surface area contributed by atoms with Crippen molar-refractivity contribution in [2.75, 3.05) is 31.9 Å². The number of thiophene rings is 1. The van der Waals surface area contributed by atoms with Crippen molar-refractivity contribution in [3.05, 3.63) is 22.4 Å². The Balaban J connectivity index is 1.92. The second-order valence-electron chi connectivity index (χ2n) is 4.51. The Kier molecular flexibility index (Phi) is 4.77. The molecular formula is C12H20N2O2S2. The van der Waals surface area contributed by atoms with Crippen LogP contribution in [-0.4, -0.2) is 49.6 Å². The van der Waals surface area contributed by atoms with Gasteiger partial charge in [-0.05, 0) is 31.3 Å². The molecule has 6 heteroatoms. The second kappa shape index (κ2) is 6.14. The van der Waals surface area contributed by atoms with Gasteiger partial charge in [-0.2, -0.15) is 0 Å². The molecule has 0 N–H and O–H groups in total. The topological polar surface area (TPSA) is 40.6 Å². The summed E-state index contributed by atoms with van der Waals surface area (Å²) in [4.78, 5) is 3.69. The van der Waals surface area contributed by atoms with E-state index >= 15 is 0 Å². The van der Waals surface area contributed by atoms with Crippen molar-refractivity contribution in [1.82, 2.24) is 9.21 Å². The number of sulfonamides is 1. The van der Waals surface area contributed by atoms with Crippen molar-refractivity contribution in [3.8, 4) is 0 Å². The molecule has 0 aromatic carbocycles. The molecule has 0 atom stereocenters. The molecule has 1 aromatic heterocycles. The van der Waals surface area contributed by atoms with E-state index in [9.17, 15) is 8.42 Å². The first kappa shape index (κ1) is 14.0.